The van der Waals surface area contributed by atoms with Crippen LogP contribution in [0.4, 0.5) is 0 Å². The van der Waals surface area contributed by atoms with Crippen molar-refractivity contribution in [1.82, 2.24) is 4.90 Å². The number of methoxy groups -OCH3 is 1. The van der Waals surface area contributed by atoms with Gasteiger partial charge in [-0.15, -0.1) is 0 Å². The van der Waals surface area contributed by atoms with E-state index in [4.69, 9.17) is 4.74 Å². The van der Waals surface area contributed by atoms with Crippen molar-refractivity contribution >= 4 is 5.91 Å². The molecule has 3 saturated carbocycles. The number of fused-ring (bicyclic) bond motifs is 5. The monoisotopic (exact) mass is 423 g/mol. The molecule has 1 N–H and O–H groups in total. The molecule has 4 nitrogen and oxygen atoms in total. The van der Waals surface area contributed by atoms with Gasteiger partial charge in [0, 0.05) is 23.6 Å². The highest BCUT2D eigenvalue weighted by Gasteiger charge is 2.59. The Morgan fingerprint density at radius 1 is 1.06 bits per heavy atom. The van der Waals surface area contributed by atoms with Crippen LogP contribution >= 0.6 is 0 Å². The molecule has 1 amide bonds. The summed E-state index contributed by atoms with van der Waals surface area (Å²) in [6.07, 6.45) is 11.2. The molecule has 3 aliphatic carbocycles. The van der Waals surface area contributed by atoms with Crippen LogP contribution in [0.2, 0.25) is 0 Å². The quantitative estimate of drug-likeness (QED) is 0.745. The van der Waals surface area contributed by atoms with Crippen molar-refractivity contribution < 1.29 is 14.6 Å². The van der Waals surface area contributed by atoms with Crippen molar-refractivity contribution in [3.8, 4) is 5.75 Å². The van der Waals surface area contributed by atoms with Crippen molar-refractivity contribution in [3.63, 3.8) is 0 Å². The first-order chi connectivity index (χ1) is 14.9. The number of aliphatic hydroxyl groups is 1. The number of rotatable bonds is 4. The lowest BCUT2D eigenvalue weighted by Crippen LogP contribution is -2.61. The van der Waals surface area contributed by atoms with E-state index in [9.17, 15) is 9.90 Å². The van der Waals surface area contributed by atoms with E-state index in [0.29, 0.717) is 23.5 Å². The van der Waals surface area contributed by atoms with E-state index in [1.54, 1.807) is 7.11 Å². The molecule has 4 heteroatoms. The third kappa shape index (κ3) is 3.25. The van der Waals surface area contributed by atoms with Crippen LogP contribution in [0.1, 0.15) is 64.4 Å². The van der Waals surface area contributed by atoms with Crippen LogP contribution in [0.5, 0.6) is 5.75 Å². The predicted molar refractivity (Wildman–Crippen MR) is 122 cm³/mol. The fourth-order valence-electron chi connectivity index (χ4n) is 8.04. The number of benzene rings is 1. The molecule has 0 radical (unpaired) electrons. The summed E-state index contributed by atoms with van der Waals surface area (Å²) in [4.78, 5) is 15.4. The highest BCUT2D eigenvalue weighted by Crippen LogP contribution is 2.64. The number of aliphatic hydroxyl groups excluding tert-OH is 1. The summed E-state index contributed by atoms with van der Waals surface area (Å²) in [6, 6.07) is 8.24. The minimum atomic E-state index is -0.168. The smallest absolute Gasteiger partial charge is 0.252 e. The zero-order chi connectivity index (χ0) is 21.8. The normalized spacial score (nSPS) is 39.4. The van der Waals surface area contributed by atoms with Crippen LogP contribution in [-0.4, -0.2) is 35.7 Å². The van der Waals surface area contributed by atoms with E-state index in [1.807, 2.05) is 12.1 Å². The molecule has 1 aromatic rings. The Labute approximate surface area is 186 Å². The summed E-state index contributed by atoms with van der Waals surface area (Å²) in [5.41, 5.74) is 2.18. The van der Waals surface area contributed by atoms with Gasteiger partial charge in [0.15, 0.2) is 0 Å². The predicted octanol–water partition coefficient (Wildman–Crippen LogP) is 4.96. The molecule has 4 aliphatic rings. The van der Waals surface area contributed by atoms with Gasteiger partial charge in [0.25, 0.3) is 5.91 Å². The van der Waals surface area contributed by atoms with E-state index >= 15 is 0 Å². The van der Waals surface area contributed by atoms with Crippen molar-refractivity contribution in [2.24, 2.45) is 28.6 Å². The van der Waals surface area contributed by atoms with Crippen molar-refractivity contribution in [2.45, 2.75) is 71.4 Å². The molecule has 0 saturated heterocycles. The first kappa shape index (κ1) is 21.1. The highest BCUT2D eigenvalue weighted by atomic mass is 16.5. The summed E-state index contributed by atoms with van der Waals surface area (Å²) >= 11 is 0. The Morgan fingerprint density at radius 2 is 1.84 bits per heavy atom. The van der Waals surface area contributed by atoms with Crippen LogP contribution in [0.3, 0.4) is 0 Å². The summed E-state index contributed by atoms with van der Waals surface area (Å²) in [5, 5.41) is 10.1. The second-order valence-electron chi connectivity index (χ2n) is 11.0. The van der Waals surface area contributed by atoms with Crippen LogP contribution in [-0.2, 0) is 11.3 Å². The Kier molecular flexibility index (Phi) is 5.20. The minimum absolute atomic E-state index is 0.0146. The van der Waals surface area contributed by atoms with Crippen LogP contribution < -0.4 is 4.74 Å². The lowest BCUT2D eigenvalue weighted by molar-refractivity contribution is -0.144. The average Bonchev–Trinajstić information content (AvgIpc) is 3.18. The van der Waals surface area contributed by atoms with E-state index in [2.05, 4.69) is 37.0 Å². The number of nitrogens with zero attached hydrogens (tertiary/aromatic N) is 1. The molecule has 1 aliphatic heterocycles. The lowest BCUT2D eigenvalue weighted by Gasteiger charge is -2.60. The summed E-state index contributed by atoms with van der Waals surface area (Å²) in [5.74, 6) is 3.05. The Balaban J connectivity index is 1.48. The molecule has 31 heavy (non-hydrogen) atoms. The fourth-order valence-corrected chi connectivity index (χ4v) is 8.04. The number of carbonyl (C=O) groups excluding carboxylic acids is 1. The minimum Gasteiger partial charge on any atom is -0.497 e. The number of amides is 1. The maximum Gasteiger partial charge on any atom is 0.252 e. The molecule has 0 bridgehead atoms. The summed E-state index contributed by atoms with van der Waals surface area (Å²) in [7, 11) is 1.67. The number of hydrogen-bond acceptors (Lipinski definition) is 3. The van der Waals surface area contributed by atoms with Gasteiger partial charge in [0.2, 0.25) is 0 Å². The average molecular weight is 424 g/mol. The third-order valence-corrected chi connectivity index (χ3v) is 9.59. The van der Waals surface area contributed by atoms with E-state index in [-0.39, 0.29) is 24.0 Å². The van der Waals surface area contributed by atoms with E-state index < -0.39 is 0 Å². The van der Waals surface area contributed by atoms with Crippen LogP contribution in [0, 0.1) is 28.6 Å². The zero-order valence-electron chi connectivity index (χ0n) is 19.3. The maximum absolute atomic E-state index is 13.3. The number of ether oxygens (including phenoxy) is 1. The number of carbonyl (C=O) groups is 1. The van der Waals surface area contributed by atoms with Gasteiger partial charge < -0.3 is 14.7 Å². The molecule has 0 aromatic heterocycles. The highest BCUT2D eigenvalue weighted by molar-refractivity contribution is 5.95. The molecule has 6 atom stereocenters. The molecule has 0 spiro atoms. The zero-order valence-corrected chi connectivity index (χ0v) is 19.3. The molecule has 168 valence electrons. The van der Waals surface area contributed by atoms with Crippen molar-refractivity contribution in [3.05, 3.63) is 41.5 Å². The van der Waals surface area contributed by atoms with Gasteiger partial charge in [-0.25, -0.2) is 0 Å². The molecule has 3 fully saturated rings. The Hall–Kier alpha value is -1.81. The molecular weight excluding hydrogens is 386 g/mol. The lowest BCUT2D eigenvalue weighted by atomic mass is 9.48. The molecule has 1 unspecified atom stereocenters. The Morgan fingerprint density at radius 3 is 2.55 bits per heavy atom. The summed E-state index contributed by atoms with van der Waals surface area (Å²) < 4.78 is 5.30. The first-order valence-corrected chi connectivity index (χ1v) is 12.2. The molecule has 5 rings (SSSR count). The van der Waals surface area contributed by atoms with Gasteiger partial charge >= 0.3 is 0 Å². The third-order valence-electron chi connectivity index (χ3n) is 9.59. The van der Waals surface area contributed by atoms with E-state index in [0.717, 1.165) is 29.6 Å². The van der Waals surface area contributed by atoms with Gasteiger partial charge in [0.05, 0.1) is 13.7 Å². The topological polar surface area (TPSA) is 49.8 Å². The Bertz CT molecular complexity index is 877. The second kappa shape index (κ2) is 7.65. The van der Waals surface area contributed by atoms with Gasteiger partial charge in [-0.2, -0.15) is 0 Å². The van der Waals surface area contributed by atoms with Gasteiger partial charge in [-0.3, -0.25) is 4.79 Å². The fraction of sp³-hybridized carbons (Fsp3) is 0.667. The molecular formula is C27H37NO3. The first-order valence-electron chi connectivity index (χ1n) is 12.2. The van der Waals surface area contributed by atoms with Gasteiger partial charge in [-0.1, -0.05) is 38.5 Å². The van der Waals surface area contributed by atoms with Crippen molar-refractivity contribution in [2.75, 3.05) is 13.7 Å². The van der Waals surface area contributed by atoms with Crippen LogP contribution in [0.25, 0.3) is 0 Å². The maximum atomic E-state index is 13.3. The van der Waals surface area contributed by atoms with Crippen LogP contribution in [0.15, 0.2) is 35.9 Å². The molecule has 1 heterocycles. The van der Waals surface area contributed by atoms with Crippen molar-refractivity contribution in [1.29, 1.82) is 0 Å². The standard InChI is InChI=1S/C27H37NO3/c1-26-13-4-5-22(26)21-10-11-24-27(2,23(21)12-14-26)15-19(17-29)25(30)28(24)16-18-6-8-20(31-3)9-7-18/h6-9,15,21-24,29H,4-5,10-14,16-17H2,1-3H3/t21-,22-,23+,24?,26-,27+/m0/s1. The van der Waals surface area contributed by atoms with Gasteiger partial charge in [0.1, 0.15) is 5.75 Å². The molecule has 1 aromatic carbocycles. The largest absolute Gasteiger partial charge is 0.497 e. The van der Waals surface area contributed by atoms with Gasteiger partial charge in [-0.05, 0) is 79.4 Å². The summed E-state index contributed by atoms with van der Waals surface area (Å²) in [6.45, 7) is 5.34. The van der Waals surface area contributed by atoms with E-state index in [1.165, 1.54) is 38.5 Å². The second-order valence-corrected chi connectivity index (χ2v) is 11.0. The SMILES string of the molecule is COc1ccc(CN2C(=O)C(CO)=C[C@@]3(C)C2CC[C@@H]2[C@H]3CC[C@]3(C)CCC[C@@H]23)cc1. The number of hydrogen-bond donors (Lipinski definition) is 1.